The Morgan fingerprint density at radius 3 is 1.03 bits per heavy atom. The van der Waals surface area contributed by atoms with Gasteiger partial charge in [0.15, 0.2) is 0 Å². The number of carbonyl (C=O) groups is 1. The minimum Gasteiger partial charge on any atom is -0.394 e. The zero-order valence-electron chi connectivity index (χ0n) is 40.9. The molecule has 0 radical (unpaired) electrons. The Labute approximate surface area is 380 Å². The zero-order valence-corrected chi connectivity index (χ0v) is 40.9. The van der Waals surface area contributed by atoms with Crippen LogP contribution in [-0.2, 0) is 4.79 Å². The predicted molar refractivity (Wildman–Crippen MR) is 265 cm³/mol. The van der Waals surface area contributed by atoms with Crippen LogP contribution in [0.3, 0.4) is 0 Å². The molecule has 5 N–H and O–H groups in total. The van der Waals surface area contributed by atoms with E-state index in [9.17, 15) is 25.2 Å². The lowest BCUT2D eigenvalue weighted by atomic mass is 10.00. The van der Waals surface area contributed by atoms with Gasteiger partial charge in [0, 0.05) is 0 Å². The maximum Gasteiger partial charge on any atom is 0.249 e. The van der Waals surface area contributed by atoms with Gasteiger partial charge in [-0.1, -0.05) is 263 Å². The summed E-state index contributed by atoms with van der Waals surface area (Å²) in [6.07, 6.45) is 59.5. The Kier molecular flexibility index (Phi) is 48.8. The third-order valence-corrected chi connectivity index (χ3v) is 12.9. The average Bonchev–Trinajstić information content (AvgIpc) is 3.26. The van der Waals surface area contributed by atoms with E-state index in [2.05, 4.69) is 43.5 Å². The van der Waals surface area contributed by atoms with E-state index in [1.165, 1.54) is 218 Å². The molecule has 0 rings (SSSR count). The fourth-order valence-electron chi connectivity index (χ4n) is 8.60. The molecule has 4 unspecified atom stereocenters. The number of carbonyl (C=O) groups excluding carboxylic acids is 1. The summed E-state index contributed by atoms with van der Waals surface area (Å²) in [5.74, 6) is -0.592. The van der Waals surface area contributed by atoms with Crippen LogP contribution in [0.5, 0.6) is 0 Å². The van der Waals surface area contributed by atoms with Gasteiger partial charge in [0.1, 0.15) is 12.2 Å². The molecule has 0 heterocycles. The fourth-order valence-corrected chi connectivity index (χ4v) is 8.60. The topological polar surface area (TPSA) is 110 Å². The van der Waals surface area contributed by atoms with Crippen molar-refractivity contribution in [1.29, 1.82) is 0 Å². The number of aliphatic hydroxyl groups is 4. The Bertz CT molecular complexity index is 924. The van der Waals surface area contributed by atoms with Crippen LogP contribution in [-0.4, -0.2) is 57.3 Å². The van der Waals surface area contributed by atoms with Crippen LogP contribution in [0.4, 0.5) is 0 Å². The van der Waals surface area contributed by atoms with Crippen molar-refractivity contribution < 1.29 is 25.2 Å². The molecule has 0 spiro atoms. The Balaban J connectivity index is 3.67. The average molecular weight is 862 g/mol. The molecule has 4 atom stereocenters. The van der Waals surface area contributed by atoms with Crippen LogP contribution in [0.25, 0.3) is 0 Å². The van der Waals surface area contributed by atoms with Crippen LogP contribution in [0.1, 0.15) is 290 Å². The van der Waals surface area contributed by atoms with E-state index in [1.807, 2.05) is 0 Å². The van der Waals surface area contributed by atoms with E-state index < -0.39 is 36.9 Å². The second-order valence-corrected chi connectivity index (χ2v) is 18.9. The molecule has 61 heavy (non-hydrogen) atoms. The van der Waals surface area contributed by atoms with Crippen molar-refractivity contribution >= 4 is 5.91 Å². The number of hydrogen-bond donors (Lipinski definition) is 5. The third kappa shape index (κ3) is 43.8. The second kappa shape index (κ2) is 49.8. The SMILES string of the molecule is CCCCCCCCCCCCCC/C=C/CC/C=C/CCCC(O)C(O)C(CO)NC(=O)C(O)CCCCCCCCCCCCCCCCCCCCCCCCCC. The molecular weight excluding hydrogens is 755 g/mol. The molecule has 0 fully saturated rings. The quantitative estimate of drug-likeness (QED) is 0.0309. The predicted octanol–water partition coefficient (Wildman–Crippen LogP) is 15.5. The lowest BCUT2D eigenvalue weighted by Gasteiger charge is -2.27. The largest absolute Gasteiger partial charge is 0.394 e. The summed E-state index contributed by atoms with van der Waals surface area (Å²) in [7, 11) is 0. The Morgan fingerprint density at radius 1 is 0.393 bits per heavy atom. The van der Waals surface area contributed by atoms with Crippen molar-refractivity contribution in [2.45, 2.75) is 314 Å². The van der Waals surface area contributed by atoms with Crippen molar-refractivity contribution in [3.63, 3.8) is 0 Å². The molecular formula is C55H107NO5. The van der Waals surface area contributed by atoms with Gasteiger partial charge < -0.3 is 25.7 Å². The number of aliphatic hydroxyl groups excluding tert-OH is 4. The number of rotatable bonds is 50. The molecule has 0 saturated heterocycles. The van der Waals surface area contributed by atoms with Gasteiger partial charge in [-0.3, -0.25) is 4.79 Å². The van der Waals surface area contributed by atoms with E-state index >= 15 is 0 Å². The number of unbranched alkanes of at least 4 members (excludes halogenated alkanes) is 37. The maximum absolute atomic E-state index is 12.6. The molecule has 6 nitrogen and oxygen atoms in total. The van der Waals surface area contributed by atoms with Crippen LogP contribution >= 0.6 is 0 Å². The van der Waals surface area contributed by atoms with Crippen LogP contribution < -0.4 is 5.32 Å². The van der Waals surface area contributed by atoms with Crippen molar-refractivity contribution in [2.24, 2.45) is 0 Å². The van der Waals surface area contributed by atoms with Gasteiger partial charge in [0.2, 0.25) is 5.91 Å². The van der Waals surface area contributed by atoms with Crippen LogP contribution in [0.15, 0.2) is 24.3 Å². The van der Waals surface area contributed by atoms with Crippen molar-refractivity contribution in [2.75, 3.05) is 6.61 Å². The molecule has 0 aromatic rings. The summed E-state index contributed by atoms with van der Waals surface area (Å²) in [6.45, 7) is 4.07. The molecule has 362 valence electrons. The molecule has 0 aromatic heterocycles. The van der Waals surface area contributed by atoms with Gasteiger partial charge in [0.05, 0.1) is 18.8 Å². The first kappa shape index (κ1) is 59.8. The summed E-state index contributed by atoms with van der Waals surface area (Å²) < 4.78 is 0. The van der Waals surface area contributed by atoms with Gasteiger partial charge in [0.25, 0.3) is 0 Å². The highest BCUT2D eigenvalue weighted by molar-refractivity contribution is 5.80. The van der Waals surface area contributed by atoms with E-state index in [4.69, 9.17) is 0 Å². The Hall–Kier alpha value is -1.21. The Morgan fingerprint density at radius 2 is 0.689 bits per heavy atom. The van der Waals surface area contributed by atoms with Gasteiger partial charge in [-0.15, -0.1) is 0 Å². The monoisotopic (exact) mass is 862 g/mol. The molecule has 1 amide bonds. The minimum absolute atomic E-state index is 0.365. The van der Waals surface area contributed by atoms with E-state index in [0.29, 0.717) is 19.3 Å². The van der Waals surface area contributed by atoms with E-state index in [-0.39, 0.29) is 0 Å². The van der Waals surface area contributed by atoms with Gasteiger partial charge >= 0.3 is 0 Å². The summed E-state index contributed by atoms with van der Waals surface area (Å²) in [5, 5.41) is 43.9. The van der Waals surface area contributed by atoms with Gasteiger partial charge in [-0.05, 0) is 51.4 Å². The van der Waals surface area contributed by atoms with Crippen molar-refractivity contribution in [3.8, 4) is 0 Å². The highest BCUT2D eigenvalue weighted by Crippen LogP contribution is 2.17. The summed E-state index contributed by atoms with van der Waals surface area (Å²) >= 11 is 0. The molecule has 6 heteroatoms. The second-order valence-electron chi connectivity index (χ2n) is 18.9. The fraction of sp³-hybridized carbons (Fsp3) is 0.909. The number of nitrogens with one attached hydrogen (secondary N) is 1. The molecule has 0 aliphatic rings. The molecule has 0 bridgehead atoms. The highest BCUT2D eigenvalue weighted by atomic mass is 16.3. The zero-order chi connectivity index (χ0) is 44.5. The van der Waals surface area contributed by atoms with Crippen LogP contribution in [0.2, 0.25) is 0 Å². The summed E-state index contributed by atoms with van der Waals surface area (Å²) in [6, 6.07) is -1.01. The number of hydrogen-bond acceptors (Lipinski definition) is 5. The van der Waals surface area contributed by atoms with Gasteiger partial charge in [-0.2, -0.15) is 0 Å². The van der Waals surface area contributed by atoms with Crippen molar-refractivity contribution in [3.05, 3.63) is 24.3 Å². The normalized spacial score (nSPS) is 14.0. The third-order valence-electron chi connectivity index (χ3n) is 12.9. The molecule has 0 aromatic carbocycles. The van der Waals surface area contributed by atoms with Crippen molar-refractivity contribution in [1.82, 2.24) is 5.32 Å². The van der Waals surface area contributed by atoms with E-state index in [1.54, 1.807) is 0 Å². The van der Waals surface area contributed by atoms with E-state index in [0.717, 1.165) is 38.5 Å². The smallest absolute Gasteiger partial charge is 0.249 e. The first-order valence-corrected chi connectivity index (χ1v) is 27.2. The lowest BCUT2D eigenvalue weighted by Crippen LogP contribution is -2.53. The van der Waals surface area contributed by atoms with Crippen LogP contribution in [0, 0.1) is 0 Å². The lowest BCUT2D eigenvalue weighted by molar-refractivity contribution is -0.132. The summed E-state index contributed by atoms with van der Waals surface area (Å²) in [5.41, 5.74) is 0. The number of allylic oxidation sites excluding steroid dienone is 4. The highest BCUT2D eigenvalue weighted by Gasteiger charge is 2.28. The standard InChI is InChI=1S/C55H107NO5/c1-3-5-7-9-11-13-15-17-19-21-23-25-26-27-29-31-33-35-37-39-41-43-45-47-49-53(59)55(61)56-51(50-57)54(60)52(58)48-46-44-42-40-38-36-34-32-30-28-24-22-20-18-16-14-12-10-8-6-4-2/h32,34,40,42,51-54,57-60H,3-31,33,35-39,41,43-50H2,1-2H3,(H,56,61)/b34-32+,42-40+. The first-order chi connectivity index (χ1) is 30.0. The molecule has 0 saturated carbocycles. The minimum atomic E-state index is -1.29. The summed E-state index contributed by atoms with van der Waals surface area (Å²) in [4.78, 5) is 12.6. The maximum atomic E-state index is 12.6. The first-order valence-electron chi connectivity index (χ1n) is 27.2. The molecule has 0 aliphatic carbocycles. The number of amides is 1. The van der Waals surface area contributed by atoms with Gasteiger partial charge in [-0.25, -0.2) is 0 Å². The molecule has 0 aliphatic heterocycles.